The van der Waals surface area contributed by atoms with Gasteiger partial charge in [-0.15, -0.1) is 0 Å². The number of carbonyl (C=O) groups excluding carboxylic acids is 1. The van der Waals surface area contributed by atoms with Crippen molar-refractivity contribution in [1.82, 2.24) is 4.57 Å². The number of nitrogens with two attached hydrogens (primary N) is 2. The molecule has 5 nitrogen and oxygen atoms in total. The van der Waals surface area contributed by atoms with Crippen LogP contribution in [-0.4, -0.2) is 10.5 Å². The number of rotatable bonds is 2. The van der Waals surface area contributed by atoms with Crippen molar-refractivity contribution in [2.45, 2.75) is 44.6 Å². The monoisotopic (exact) mass is 299 g/mol. The molecule has 1 saturated carbocycles. The van der Waals surface area contributed by atoms with Gasteiger partial charge in [-0.25, -0.2) is 0 Å². The number of nitrogen functional groups attached to an aromatic ring is 1. The number of benzene rings is 1. The second-order valence-electron chi connectivity index (χ2n) is 6.03. The molecule has 0 atom stereocenters. The van der Waals surface area contributed by atoms with E-state index in [-0.39, 0.29) is 17.0 Å². The van der Waals surface area contributed by atoms with Crippen molar-refractivity contribution in [3.8, 4) is 0 Å². The van der Waals surface area contributed by atoms with E-state index in [1.807, 2.05) is 16.7 Å². The first-order chi connectivity index (χ1) is 10.6. The standard InChI is InChI=1S/C17H21N3O2/c18-13-8-5-9-14-15(13)16(21)12(17(19)22)10-20(14)11-6-3-1-2-4-7-11/h5,8-11H,1-4,6-7,18H2,(H2,19,22). The molecular weight excluding hydrogens is 278 g/mol. The highest BCUT2D eigenvalue weighted by Crippen LogP contribution is 2.30. The SMILES string of the molecule is NC(=O)c1cn(C2CCCCCC2)c2cccc(N)c2c1=O. The molecule has 116 valence electrons. The summed E-state index contributed by atoms with van der Waals surface area (Å²) in [5, 5.41) is 0.406. The molecule has 1 aliphatic carbocycles. The van der Waals surface area contributed by atoms with Gasteiger partial charge >= 0.3 is 0 Å². The molecule has 1 amide bonds. The van der Waals surface area contributed by atoms with Gasteiger partial charge in [-0.3, -0.25) is 9.59 Å². The third-order valence-electron chi connectivity index (χ3n) is 4.58. The van der Waals surface area contributed by atoms with Gasteiger partial charge < -0.3 is 16.0 Å². The van der Waals surface area contributed by atoms with E-state index in [1.54, 1.807) is 12.3 Å². The van der Waals surface area contributed by atoms with Crippen molar-refractivity contribution < 1.29 is 4.79 Å². The van der Waals surface area contributed by atoms with Crippen LogP contribution in [0.4, 0.5) is 5.69 Å². The van der Waals surface area contributed by atoms with Crippen molar-refractivity contribution in [2.24, 2.45) is 5.73 Å². The molecule has 4 N–H and O–H groups in total. The molecule has 0 saturated heterocycles. The number of hydrogen-bond donors (Lipinski definition) is 2. The minimum absolute atomic E-state index is 0.0228. The van der Waals surface area contributed by atoms with Crippen LogP contribution >= 0.6 is 0 Å². The van der Waals surface area contributed by atoms with Crippen LogP contribution in [0.2, 0.25) is 0 Å². The van der Waals surface area contributed by atoms with Gasteiger partial charge in [0.1, 0.15) is 5.56 Å². The lowest BCUT2D eigenvalue weighted by Gasteiger charge is -2.22. The molecule has 0 aliphatic heterocycles. The number of amides is 1. The van der Waals surface area contributed by atoms with Crippen molar-refractivity contribution in [3.05, 3.63) is 40.2 Å². The smallest absolute Gasteiger partial charge is 0.254 e. The Balaban J connectivity index is 2.28. The molecule has 1 fully saturated rings. The topological polar surface area (TPSA) is 91.1 Å². The first-order valence-corrected chi connectivity index (χ1v) is 7.82. The number of fused-ring (bicyclic) bond motifs is 1. The molecule has 0 unspecified atom stereocenters. The van der Waals surface area contributed by atoms with Crippen molar-refractivity contribution in [1.29, 1.82) is 0 Å². The van der Waals surface area contributed by atoms with Crippen molar-refractivity contribution >= 4 is 22.5 Å². The Labute approximate surface area is 128 Å². The summed E-state index contributed by atoms with van der Waals surface area (Å²) in [6.07, 6.45) is 8.51. The van der Waals surface area contributed by atoms with E-state index in [0.29, 0.717) is 11.1 Å². The fourth-order valence-electron chi connectivity index (χ4n) is 3.44. The highest BCUT2D eigenvalue weighted by Gasteiger charge is 2.20. The second kappa shape index (κ2) is 5.83. The van der Waals surface area contributed by atoms with Crippen LogP contribution in [0.5, 0.6) is 0 Å². The quantitative estimate of drug-likeness (QED) is 0.659. The zero-order valence-corrected chi connectivity index (χ0v) is 12.5. The number of carbonyl (C=O) groups is 1. The molecule has 0 spiro atoms. The fraction of sp³-hybridized carbons (Fsp3) is 0.412. The predicted octanol–water partition coefficient (Wildman–Crippen LogP) is 2.58. The summed E-state index contributed by atoms with van der Waals surface area (Å²) in [4.78, 5) is 24.1. The molecular formula is C17H21N3O2. The summed E-state index contributed by atoms with van der Waals surface area (Å²) in [7, 11) is 0. The third-order valence-corrected chi connectivity index (χ3v) is 4.58. The largest absolute Gasteiger partial charge is 0.398 e. The minimum atomic E-state index is -0.697. The van der Waals surface area contributed by atoms with Crippen LogP contribution in [-0.2, 0) is 0 Å². The average Bonchev–Trinajstić information content (AvgIpc) is 2.76. The number of anilines is 1. The lowest BCUT2D eigenvalue weighted by molar-refractivity contribution is 0.0998. The number of pyridine rings is 1. The number of nitrogens with zero attached hydrogens (tertiary/aromatic N) is 1. The molecule has 0 bridgehead atoms. The van der Waals surface area contributed by atoms with E-state index in [4.69, 9.17) is 11.5 Å². The molecule has 3 rings (SSSR count). The molecule has 1 heterocycles. The minimum Gasteiger partial charge on any atom is -0.398 e. The molecule has 22 heavy (non-hydrogen) atoms. The Morgan fingerprint density at radius 3 is 2.45 bits per heavy atom. The molecule has 1 aliphatic rings. The zero-order chi connectivity index (χ0) is 15.7. The highest BCUT2D eigenvalue weighted by molar-refractivity contribution is 5.99. The van der Waals surface area contributed by atoms with Gasteiger partial charge in [0.25, 0.3) is 5.91 Å². The molecule has 5 heteroatoms. The van der Waals surface area contributed by atoms with Gasteiger partial charge in [0.2, 0.25) is 5.43 Å². The van der Waals surface area contributed by atoms with Gasteiger partial charge in [-0.1, -0.05) is 31.7 Å². The van der Waals surface area contributed by atoms with Crippen LogP contribution in [0.1, 0.15) is 54.9 Å². The van der Waals surface area contributed by atoms with Gasteiger partial charge in [0, 0.05) is 17.9 Å². The Kier molecular flexibility index (Phi) is 3.88. The predicted molar refractivity (Wildman–Crippen MR) is 87.9 cm³/mol. The van der Waals surface area contributed by atoms with Gasteiger partial charge in [-0.2, -0.15) is 0 Å². The van der Waals surface area contributed by atoms with Crippen LogP contribution in [0, 0.1) is 0 Å². The molecule has 1 aromatic carbocycles. The summed E-state index contributed by atoms with van der Waals surface area (Å²) in [6, 6.07) is 5.70. The number of primary amides is 1. The Morgan fingerprint density at radius 1 is 1.14 bits per heavy atom. The van der Waals surface area contributed by atoms with E-state index in [9.17, 15) is 9.59 Å². The first-order valence-electron chi connectivity index (χ1n) is 7.82. The average molecular weight is 299 g/mol. The van der Waals surface area contributed by atoms with Gasteiger partial charge in [0.05, 0.1) is 10.9 Å². The van der Waals surface area contributed by atoms with E-state index in [2.05, 4.69) is 0 Å². The molecule has 2 aromatic rings. The highest BCUT2D eigenvalue weighted by atomic mass is 16.2. The summed E-state index contributed by atoms with van der Waals surface area (Å²) in [5.41, 5.74) is 12.2. The first kappa shape index (κ1) is 14.6. The molecule has 1 aromatic heterocycles. The van der Waals surface area contributed by atoms with Crippen LogP contribution < -0.4 is 16.9 Å². The Morgan fingerprint density at radius 2 is 1.82 bits per heavy atom. The fourth-order valence-corrected chi connectivity index (χ4v) is 3.44. The third kappa shape index (κ3) is 2.47. The summed E-state index contributed by atoms with van der Waals surface area (Å²) in [5.74, 6) is -0.697. The molecule has 0 radical (unpaired) electrons. The number of aromatic nitrogens is 1. The second-order valence-corrected chi connectivity index (χ2v) is 6.03. The van der Waals surface area contributed by atoms with E-state index < -0.39 is 5.91 Å². The number of hydrogen-bond acceptors (Lipinski definition) is 3. The van der Waals surface area contributed by atoms with E-state index >= 15 is 0 Å². The lowest BCUT2D eigenvalue weighted by Crippen LogP contribution is -2.26. The lowest BCUT2D eigenvalue weighted by atomic mass is 10.0. The van der Waals surface area contributed by atoms with E-state index in [1.165, 1.54) is 12.8 Å². The summed E-state index contributed by atoms with van der Waals surface area (Å²) >= 11 is 0. The zero-order valence-electron chi connectivity index (χ0n) is 12.5. The van der Waals surface area contributed by atoms with Crippen LogP contribution in [0.15, 0.2) is 29.2 Å². The van der Waals surface area contributed by atoms with Crippen LogP contribution in [0.3, 0.4) is 0 Å². The van der Waals surface area contributed by atoms with E-state index in [0.717, 1.165) is 31.2 Å². The summed E-state index contributed by atoms with van der Waals surface area (Å²) in [6.45, 7) is 0. The Hall–Kier alpha value is -2.30. The normalized spacial score (nSPS) is 16.5. The van der Waals surface area contributed by atoms with Crippen LogP contribution in [0.25, 0.3) is 10.9 Å². The van der Waals surface area contributed by atoms with Crippen molar-refractivity contribution in [3.63, 3.8) is 0 Å². The Bertz CT molecular complexity index is 771. The van der Waals surface area contributed by atoms with Gasteiger partial charge in [0.15, 0.2) is 0 Å². The maximum atomic E-state index is 12.5. The van der Waals surface area contributed by atoms with Crippen molar-refractivity contribution in [2.75, 3.05) is 5.73 Å². The van der Waals surface area contributed by atoms with Gasteiger partial charge in [-0.05, 0) is 25.0 Å². The maximum Gasteiger partial charge on any atom is 0.254 e. The summed E-state index contributed by atoms with van der Waals surface area (Å²) < 4.78 is 2.04. The maximum absolute atomic E-state index is 12.5.